The molecule has 2 N–H and O–H groups in total. The number of benzene rings is 1. The molecule has 2 aromatic heterocycles. The van der Waals surface area contributed by atoms with E-state index >= 15 is 0 Å². The molecule has 0 aliphatic carbocycles. The van der Waals surface area contributed by atoms with Gasteiger partial charge in [-0.05, 0) is 50.4 Å². The topological polar surface area (TPSA) is 70.9 Å². The van der Waals surface area contributed by atoms with Crippen LogP contribution in [0.25, 0.3) is 11.2 Å². The summed E-state index contributed by atoms with van der Waals surface area (Å²) in [5.41, 5.74) is 3.20. The highest BCUT2D eigenvalue weighted by Crippen LogP contribution is 2.25. The van der Waals surface area contributed by atoms with E-state index in [1.165, 1.54) is 38.8 Å². The normalized spacial score (nSPS) is 16.0. The molecule has 6 nitrogen and oxygen atoms in total. The lowest BCUT2D eigenvalue weighted by Gasteiger charge is -2.22. The highest BCUT2D eigenvalue weighted by atomic mass is 35.5. The Balaban J connectivity index is 1.44. The first-order valence-electron chi connectivity index (χ1n) is 10.2. The van der Waals surface area contributed by atoms with Crippen molar-refractivity contribution >= 4 is 34.4 Å². The van der Waals surface area contributed by atoms with Gasteiger partial charge in [0.15, 0.2) is 11.1 Å². The lowest BCUT2D eigenvalue weighted by Crippen LogP contribution is -2.27. The molecular weight excluding hydrogens is 407 g/mol. The quantitative estimate of drug-likeness (QED) is 0.549. The van der Waals surface area contributed by atoms with Crippen molar-refractivity contribution in [2.45, 2.75) is 38.6 Å². The van der Waals surface area contributed by atoms with Gasteiger partial charge in [-0.2, -0.15) is 0 Å². The van der Waals surface area contributed by atoms with Gasteiger partial charge in [0.1, 0.15) is 5.52 Å². The number of aromatic amines is 1. The number of piperidine rings is 1. The third-order valence-corrected chi connectivity index (χ3v) is 6.27. The van der Waals surface area contributed by atoms with Crippen LogP contribution in [0.5, 0.6) is 0 Å². The third kappa shape index (κ3) is 5.00. The number of H-pyrrole nitrogens is 1. The van der Waals surface area contributed by atoms with Crippen LogP contribution >= 0.6 is 23.2 Å². The number of rotatable bonds is 7. The van der Waals surface area contributed by atoms with Crippen LogP contribution in [0, 0.1) is 5.92 Å². The van der Waals surface area contributed by atoms with Crippen LogP contribution in [-0.4, -0.2) is 39.2 Å². The predicted octanol–water partition coefficient (Wildman–Crippen LogP) is 4.19. The molecule has 1 aliphatic rings. The Hall–Kier alpha value is -1.89. The Morgan fingerprint density at radius 3 is 2.69 bits per heavy atom. The highest BCUT2D eigenvalue weighted by molar-refractivity contribution is 6.36. The Labute approximate surface area is 180 Å². The third-order valence-electron chi connectivity index (χ3n) is 5.57. The first-order chi connectivity index (χ1) is 14.2. The minimum absolute atomic E-state index is 0.503. The summed E-state index contributed by atoms with van der Waals surface area (Å²) >= 11 is 12.6. The van der Waals surface area contributed by atoms with Gasteiger partial charge in [0, 0.05) is 22.2 Å². The monoisotopic (exact) mass is 432 g/mol. The average molecular weight is 433 g/mol. The van der Waals surface area contributed by atoms with Gasteiger partial charge in [-0.15, -0.1) is 0 Å². The SMILES string of the molecule is Clc1cccc(Cl)c1Cn1cnc(=NCCCCC2CCNCC2)c2[nH]cnc21. The molecular formula is C21H26Cl2N6. The molecule has 0 spiro atoms. The van der Waals surface area contributed by atoms with Gasteiger partial charge in [-0.25, -0.2) is 9.97 Å². The van der Waals surface area contributed by atoms with Gasteiger partial charge < -0.3 is 14.9 Å². The minimum atomic E-state index is 0.503. The predicted molar refractivity (Wildman–Crippen MR) is 117 cm³/mol. The van der Waals surface area contributed by atoms with Crippen molar-refractivity contribution < 1.29 is 0 Å². The van der Waals surface area contributed by atoms with Crippen LogP contribution in [0.15, 0.2) is 35.8 Å². The van der Waals surface area contributed by atoms with Gasteiger partial charge in [-0.3, -0.25) is 4.99 Å². The summed E-state index contributed by atoms with van der Waals surface area (Å²) in [4.78, 5) is 16.9. The van der Waals surface area contributed by atoms with E-state index in [4.69, 9.17) is 28.2 Å². The second-order valence-electron chi connectivity index (χ2n) is 7.57. The fourth-order valence-corrected chi connectivity index (χ4v) is 4.42. The van der Waals surface area contributed by atoms with Crippen molar-refractivity contribution in [3.8, 4) is 0 Å². The average Bonchev–Trinajstić information content (AvgIpc) is 3.23. The molecule has 3 aromatic rings. The lowest BCUT2D eigenvalue weighted by molar-refractivity contribution is 0.344. The van der Waals surface area contributed by atoms with Crippen LogP contribution in [0.3, 0.4) is 0 Å². The van der Waals surface area contributed by atoms with E-state index in [2.05, 4.69) is 20.3 Å². The minimum Gasteiger partial charge on any atom is -0.340 e. The van der Waals surface area contributed by atoms with Crippen LogP contribution in [-0.2, 0) is 6.54 Å². The number of nitrogens with one attached hydrogen (secondary N) is 2. The summed E-state index contributed by atoms with van der Waals surface area (Å²) in [6, 6.07) is 5.52. The molecule has 1 fully saturated rings. The van der Waals surface area contributed by atoms with Crippen LogP contribution in [0.4, 0.5) is 0 Å². The number of hydrogen-bond acceptors (Lipinski definition) is 4. The summed E-state index contributed by atoms with van der Waals surface area (Å²) in [5.74, 6) is 0.876. The molecule has 0 radical (unpaired) electrons. The first kappa shape index (κ1) is 20.4. The summed E-state index contributed by atoms with van der Waals surface area (Å²) in [7, 11) is 0. The number of hydrogen-bond donors (Lipinski definition) is 2. The Morgan fingerprint density at radius 2 is 1.90 bits per heavy atom. The number of fused-ring (bicyclic) bond motifs is 1. The van der Waals surface area contributed by atoms with Crippen molar-refractivity contribution in [2.75, 3.05) is 19.6 Å². The zero-order valence-corrected chi connectivity index (χ0v) is 17.9. The van der Waals surface area contributed by atoms with E-state index < -0.39 is 0 Å². The van der Waals surface area contributed by atoms with Gasteiger partial charge in [0.25, 0.3) is 0 Å². The summed E-state index contributed by atoms with van der Waals surface area (Å²) in [6.45, 7) is 3.62. The molecule has 1 aromatic carbocycles. The van der Waals surface area contributed by atoms with E-state index in [1.54, 1.807) is 12.7 Å². The largest absolute Gasteiger partial charge is 0.340 e. The van der Waals surface area contributed by atoms with Crippen LogP contribution in [0.1, 0.15) is 37.7 Å². The molecule has 0 amide bonds. The zero-order valence-electron chi connectivity index (χ0n) is 16.4. The maximum Gasteiger partial charge on any atom is 0.176 e. The summed E-state index contributed by atoms with van der Waals surface area (Å²) < 4.78 is 1.94. The van der Waals surface area contributed by atoms with Crippen molar-refractivity contribution in [3.05, 3.63) is 52.0 Å². The smallest absolute Gasteiger partial charge is 0.176 e. The van der Waals surface area contributed by atoms with Gasteiger partial charge >= 0.3 is 0 Å². The number of nitrogens with zero attached hydrogens (tertiary/aromatic N) is 4. The number of unbranched alkanes of at least 4 members (excludes halogenated alkanes) is 1. The van der Waals surface area contributed by atoms with Gasteiger partial charge in [-0.1, -0.05) is 42.1 Å². The molecule has 29 heavy (non-hydrogen) atoms. The van der Waals surface area contributed by atoms with E-state index in [0.29, 0.717) is 22.1 Å². The summed E-state index contributed by atoms with van der Waals surface area (Å²) in [6.07, 6.45) is 9.66. The first-order valence-corrected chi connectivity index (χ1v) is 11.0. The van der Waals surface area contributed by atoms with Crippen molar-refractivity contribution in [1.29, 1.82) is 0 Å². The Morgan fingerprint density at radius 1 is 1.10 bits per heavy atom. The number of halogens is 2. The summed E-state index contributed by atoms with van der Waals surface area (Å²) in [5, 5.41) is 4.70. The fourth-order valence-electron chi connectivity index (χ4n) is 3.90. The molecule has 0 unspecified atom stereocenters. The van der Waals surface area contributed by atoms with E-state index in [0.717, 1.165) is 35.6 Å². The maximum absolute atomic E-state index is 6.32. The molecule has 4 rings (SSSR count). The van der Waals surface area contributed by atoms with E-state index in [9.17, 15) is 0 Å². The second-order valence-corrected chi connectivity index (χ2v) is 8.38. The highest BCUT2D eigenvalue weighted by Gasteiger charge is 2.12. The molecule has 1 aliphatic heterocycles. The number of imidazole rings is 1. The van der Waals surface area contributed by atoms with Crippen LogP contribution in [0.2, 0.25) is 10.0 Å². The molecule has 8 heteroatoms. The van der Waals surface area contributed by atoms with Crippen LogP contribution < -0.4 is 10.8 Å². The van der Waals surface area contributed by atoms with Crippen molar-refractivity contribution in [1.82, 2.24) is 24.8 Å². The standard InChI is InChI=1S/C21H26Cl2N6/c22-17-5-3-6-18(23)16(17)12-29-14-28-20(19-21(29)27-13-26-19)25-9-2-1-4-15-7-10-24-11-8-15/h3,5-6,13-15,24H,1-2,4,7-12H2,(H,26,27). The van der Waals surface area contributed by atoms with Gasteiger partial charge in [0.05, 0.1) is 19.2 Å². The number of aromatic nitrogens is 4. The molecule has 3 heterocycles. The van der Waals surface area contributed by atoms with Crippen molar-refractivity contribution in [3.63, 3.8) is 0 Å². The second kappa shape index (κ2) is 9.74. The molecule has 154 valence electrons. The molecule has 0 saturated carbocycles. The zero-order chi connectivity index (χ0) is 20.1. The Kier molecular flexibility index (Phi) is 6.85. The van der Waals surface area contributed by atoms with E-state index in [-0.39, 0.29) is 0 Å². The lowest BCUT2D eigenvalue weighted by atomic mass is 9.92. The Bertz CT molecular complexity index is 999. The maximum atomic E-state index is 6.32. The van der Waals surface area contributed by atoms with Gasteiger partial charge in [0.2, 0.25) is 0 Å². The molecule has 1 saturated heterocycles. The molecule has 0 atom stereocenters. The van der Waals surface area contributed by atoms with E-state index in [1.807, 2.05) is 22.8 Å². The van der Waals surface area contributed by atoms with Crippen molar-refractivity contribution in [2.24, 2.45) is 10.9 Å². The molecule has 0 bridgehead atoms. The fraction of sp³-hybridized carbons (Fsp3) is 0.476.